The number of fused-ring (bicyclic) bond motifs is 1. The number of hydrogen-bond acceptors (Lipinski definition) is 3. The average Bonchev–Trinajstić information content (AvgIpc) is 2.95. The molecule has 1 aliphatic carbocycles. The van der Waals surface area contributed by atoms with Crippen molar-refractivity contribution in [2.24, 2.45) is 5.92 Å². The van der Waals surface area contributed by atoms with Gasteiger partial charge in [0.2, 0.25) is 0 Å². The first-order valence-electron chi connectivity index (χ1n) is 9.11. The number of carbonyl (C=O) groups is 1. The molecule has 25 heavy (non-hydrogen) atoms. The first-order chi connectivity index (χ1) is 12.0. The molecule has 0 saturated carbocycles. The number of aryl methyl sites for hydroxylation is 3. The van der Waals surface area contributed by atoms with Crippen LogP contribution in [0.15, 0.2) is 18.2 Å². The molecule has 0 radical (unpaired) electrons. The monoisotopic (exact) mass is 339 g/mol. The second-order valence-corrected chi connectivity index (χ2v) is 7.55. The summed E-state index contributed by atoms with van der Waals surface area (Å²) in [6.07, 6.45) is 3.17. The largest absolute Gasteiger partial charge is 0.486 e. The molecule has 1 saturated heterocycles. The highest BCUT2D eigenvalue weighted by Gasteiger charge is 2.36. The third-order valence-electron chi connectivity index (χ3n) is 5.42. The molecule has 1 fully saturated rings. The molecular weight excluding hydrogens is 314 g/mol. The number of aromatic nitrogens is 2. The summed E-state index contributed by atoms with van der Waals surface area (Å²) in [5.41, 5.74) is 5.17. The summed E-state index contributed by atoms with van der Waals surface area (Å²) in [5.74, 6) is 1.60. The van der Waals surface area contributed by atoms with Crippen LogP contribution in [0.1, 0.15) is 46.2 Å². The number of H-pyrrole nitrogens is 1. The van der Waals surface area contributed by atoms with Crippen molar-refractivity contribution in [3.63, 3.8) is 0 Å². The maximum Gasteiger partial charge on any atom is 0.274 e. The summed E-state index contributed by atoms with van der Waals surface area (Å²) in [6.45, 7) is 7.61. The molecule has 1 atom stereocenters. The van der Waals surface area contributed by atoms with Crippen molar-refractivity contribution < 1.29 is 9.53 Å². The molecule has 4 rings (SSSR count). The number of ether oxygens (including phenoxy) is 1. The zero-order valence-electron chi connectivity index (χ0n) is 15.1. The van der Waals surface area contributed by atoms with E-state index in [-0.39, 0.29) is 12.0 Å². The lowest BCUT2D eigenvalue weighted by molar-refractivity contribution is 0.0167. The number of hydrogen-bond donors (Lipinski definition) is 1. The molecule has 132 valence electrons. The van der Waals surface area contributed by atoms with Crippen LogP contribution in [0.2, 0.25) is 0 Å². The molecule has 1 amide bonds. The normalized spacial score (nSPS) is 20.1. The Balaban J connectivity index is 1.41. The Hall–Kier alpha value is -2.30. The maximum absolute atomic E-state index is 12.8. The van der Waals surface area contributed by atoms with E-state index in [2.05, 4.69) is 43.1 Å². The topological polar surface area (TPSA) is 58.2 Å². The van der Waals surface area contributed by atoms with Crippen LogP contribution in [0.4, 0.5) is 0 Å². The zero-order valence-corrected chi connectivity index (χ0v) is 15.1. The minimum Gasteiger partial charge on any atom is -0.486 e. The third kappa shape index (κ3) is 2.92. The first kappa shape index (κ1) is 16.2. The molecule has 1 aliphatic heterocycles. The van der Waals surface area contributed by atoms with Crippen molar-refractivity contribution in [3.8, 4) is 5.75 Å². The van der Waals surface area contributed by atoms with Gasteiger partial charge in [-0.3, -0.25) is 9.89 Å². The maximum atomic E-state index is 12.8. The molecule has 1 aromatic heterocycles. The van der Waals surface area contributed by atoms with E-state index in [9.17, 15) is 4.79 Å². The Bertz CT molecular complexity index is 785. The van der Waals surface area contributed by atoms with E-state index in [1.54, 1.807) is 0 Å². The summed E-state index contributed by atoms with van der Waals surface area (Å²) in [4.78, 5) is 14.6. The summed E-state index contributed by atoms with van der Waals surface area (Å²) in [7, 11) is 0. The van der Waals surface area contributed by atoms with E-state index in [1.165, 1.54) is 0 Å². The Kier molecular flexibility index (Phi) is 4.02. The van der Waals surface area contributed by atoms with Gasteiger partial charge in [0.1, 0.15) is 11.9 Å². The van der Waals surface area contributed by atoms with Gasteiger partial charge in [0.15, 0.2) is 5.69 Å². The molecule has 2 heterocycles. The SMILES string of the molecule is Cc1cccc(C)c1OC1CN(C(=O)c2n[nH]c3c2C[C@H](C)CC3)C1. The van der Waals surface area contributed by atoms with Crippen molar-refractivity contribution in [3.05, 3.63) is 46.3 Å². The van der Waals surface area contributed by atoms with Crippen molar-refractivity contribution in [2.75, 3.05) is 13.1 Å². The minimum absolute atomic E-state index is 0.0351. The van der Waals surface area contributed by atoms with Gasteiger partial charge in [-0.25, -0.2) is 0 Å². The molecule has 5 heteroatoms. The van der Waals surface area contributed by atoms with Crippen molar-refractivity contribution in [2.45, 2.75) is 46.1 Å². The number of nitrogens with one attached hydrogen (secondary N) is 1. The predicted octanol–water partition coefficient (Wildman–Crippen LogP) is 3.05. The highest BCUT2D eigenvalue weighted by Crippen LogP contribution is 2.29. The predicted molar refractivity (Wildman–Crippen MR) is 96.0 cm³/mol. The molecule has 0 spiro atoms. The quantitative estimate of drug-likeness (QED) is 0.935. The summed E-state index contributed by atoms with van der Waals surface area (Å²) >= 11 is 0. The number of para-hydroxylation sites is 1. The molecule has 0 bridgehead atoms. The second kappa shape index (κ2) is 6.21. The number of rotatable bonds is 3. The van der Waals surface area contributed by atoms with Gasteiger partial charge in [-0.2, -0.15) is 5.10 Å². The van der Waals surface area contributed by atoms with E-state index >= 15 is 0 Å². The van der Waals surface area contributed by atoms with Crippen LogP contribution < -0.4 is 4.74 Å². The van der Waals surface area contributed by atoms with E-state index in [1.807, 2.05) is 11.0 Å². The Morgan fingerprint density at radius 2 is 2.00 bits per heavy atom. The third-order valence-corrected chi connectivity index (χ3v) is 5.42. The Labute approximate surface area is 148 Å². The molecule has 5 nitrogen and oxygen atoms in total. The molecule has 0 unspecified atom stereocenters. The van der Waals surface area contributed by atoms with Gasteiger partial charge in [0, 0.05) is 11.3 Å². The van der Waals surface area contributed by atoms with E-state index in [4.69, 9.17) is 4.74 Å². The smallest absolute Gasteiger partial charge is 0.274 e. The van der Waals surface area contributed by atoms with Crippen LogP contribution in [0.25, 0.3) is 0 Å². The molecule has 1 N–H and O–H groups in total. The Morgan fingerprint density at radius 1 is 1.28 bits per heavy atom. The summed E-state index contributed by atoms with van der Waals surface area (Å²) in [5, 5.41) is 7.38. The van der Waals surface area contributed by atoms with Gasteiger partial charge in [-0.05, 0) is 50.2 Å². The lowest BCUT2D eigenvalue weighted by Gasteiger charge is -2.39. The number of benzene rings is 1. The lowest BCUT2D eigenvalue weighted by atomic mass is 9.87. The van der Waals surface area contributed by atoms with E-state index < -0.39 is 0 Å². The van der Waals surface area contributed by atoms with E-state index in [0.717, 1.165) is 47.4 Å². The Morgan fingerprint density at radius 3 is 2.72 bits per heavy atom. The van der Waals surface area contributed by atoms with E-state index in [0.29, 0.717) is 24.7 Å². The zero-order chi connectivity index (χ0) is 17.6. The molecule has 1 aromatic carbocycles. The summed E-state index contributed by atoms with van der Waals surface area (Å²) < 4.78 is 6.12. The van der Waals surface area contributed by atoms with Crippen LogP contribution >= 0.6 is 0 Å². The minimum atomic E-state index is 0.0351. The lowest BCUT2D eigenvalue weighted by Crippen LogP contribution is -2.56. The highest BCUT2D eigenvalue weighted by molar-refractivity contribution is 5.94. The number of amides is 1. The molecule has 2 aromatic rings. The fourth-order valence-corrected chi connectivity index (χ4v) is 3.83. The number of nitrogens with zero attached hydrogens (tertiary/aromatic N) is 2. The van der Waals surface area contributed by atoms with Crippen LogP contribution in [0.5, 0.6) is 5.75 Å². The van der Waals surface area contributed by atoms with Crippen molar-refractivity contribution in [1.29, 1.82) is 0 Å². The molecular formula is C20H25N3O2. The fourth-order valence-electron chi connectivity index (χ4n) is 3.83. The van der Waals surface area contributed by atoms with Crippen LogP contribution in [0.3, 0.4) is 0 Å². The van der Waals surface area contributed by atoms with Gasteiger partial charge in [0.05, 0.1) is 13.1 Å². The number of aromatic amines is 1. The standard InChI is InChI=1S/C20H25N3O2/c1-12-7-8-17-16(9-12)18(22-21-17)20(24)23-10-15(11-23)25-19-13(2)5-4-6-14(19)3/h4-6,12,15H,7-11H2,1-3H3,(H,21,22)/t12-/m1/s1. The summed E-state index contributed by atoms with van der Waals surface area (Å²) in [6, 6.07) is 6.15. The average molecular weight is 339 g/mol. The van der Waals surface area contributed by atoms with Gasteiger partial charge in [-0.1, -0.05) is 25.1 Å². The van der Waals surface area contributed by atoms with Gasteiger partial charge in [0.25, 0.3) is 5.91 Å². The second-order valence-electron chi connectivity index (χ2n) is 7.55. The van der Waals surface area contributed by atoms with Crippen LogP contribution in [-0.4, -0.2) is 40.2 Å². The van der Waals surface area contributed by atoms with Gasteiger partial charge >= 0.3 is 0 Å². The number of carbonyl (C=O) groups excluding carboxylic acids is 1. The van der Waals surface area contributed by atoms with Gasteiger partial charge < -0.3 is 9.64 Å². The first-order valence-corrected chi connectivity index (χ1v) is 9.11. The number of likely N-dealkylation sites (tertiary alicyclic amines) is 1. The van der Waals surface area contributed by atoms with Crippen LogP contribution in [-0.2, 0) is 12.8 Å². The molecule has 2 aliphatic rings. The fraction of sp³-hybridized carbons (Fsp3) is 0.500. The van der Waals surface area contributed by atoms with Crippen molar-refractivity contribution >= 4 is 5.91 Å². The van der Waals surface area contributed by atoms with Gasteiger partial charge in [-0.15, -0.1) is 0 Å². The van der Waals surface area contributed by atoms with Crippen LogP contribution in [0, 0.1) is 19.8 Å². The highest BCUT2D eigenvalue weighted by atomic mass is 16.5. The van der Waals surface area contributed by atoms with Crippen molar-refractivity contribution in [1.82, 2.24) is 15.1 Å².